The van der Waals surface area contributed by atoms with E-state index in [4.69, 9.17) is 16.9 Å². The molecule has 0 aromatic rings. The van der Waals surface area contributed by atoms with Crippen LogP contribution in [0.5, 0.6) is 0 Å². The van der Waals surface area contributed by atoms with Gasteiger partial charge in [0.2, 0.25) is 17.6 Å². The van der Waals surface area contributed by atoms with Crippen molar-refractivity contribution in [1.29, 1.82) is 0 Å². The molecule has 0 spiro atoms. The monoisotopic (exact) mass is 535 g/mol. The number of amides is 5. The number of ketones is 1. The number of carbonyl (C=O) groups excluding carboxylic acids is 6. The summed E-state index contributed by atoms with van der Waals surface area (Å²) in [6.45, 7) is 12.0. The van der Waals surface area contributed by atoms with Gasteiger partial charge in [-0.25, -0.2) is 9.59 Å². The normalized spacial score (nSPS) is 18.8. The molecule has 1 aliphatic heterocycles. The minimum Gasteiger partial charge on any atom is -0.451 e. The van der Waals surface area contributed by atoms with Crippen LogP contribution in [0.2, 0.25) is 0 Å². The van der Waals surface area contributed by atoms with E-state index in [9.17, 15) is 28.8 Å². The van der Waals surface area contributed by atoms with Crippen LogP contribution in [0.1, 0.15) is 54.9 Å². The Labute approximate surface area is 224 Å². The standard InChI is InChI=1S/C26H41N5O7/c1-9-12-38-24(36)18(15(4)5)29-25(37)30-20(26(6,7)8)23(35)31-11-10-16(14(2)3)19(31)22(34)28-13-17(32)21(27)33/h1,14-16,18-20H,10-13H2,2-8H3,(H2,27,33)(H,28,34)(H2,29,30,37)/t16-,18+,19+,20-/m1/s1. The molecule has 5 amide bonds. The van der Waals surface area contributed by atoms with Crippen LogP contribution < -0.4 is 21.7 Å². The Morgan fingerprint density at radius 2 is 1.68 bits per heavy atom. The molecule has 0 saturated carbocycles. The number of primary amides is 1. The van der Waals surface area contributed by atoms with E-state index in [2.05, 4.69) is 21.9 Å². The first-order valence-corrected chi connectivity index (χ1v) is 12.6. The average molecular weight is 536 g/mol. The number of urea groups is 1. The second-order valence-electron chi connectivity index (χ2n) is 11.1. The zero-order valence-corrected chi connectivity index (χ0v) is 23.3. The summed E-state index contributed by atoms with van der Waals surface area (Å²) in [5.74, 6) is -2.22. The van der Waals surface area contributed by atoms with Gasteiger partial charge in [0.25, 0.3) is 5.91 Å². The Balaban J connectivity index is 3.16. The largest absolute Gasteiger partial charge is 0.451 e. The van der Waals surface area contributed by atoms with Gasteiger partial charge in [-0.2, -0.15) is 0 Å². The van der Waals surface area contributed by atoms with Gasteiger partial charge in [0, 0.05) is 6.54 Å². The summed E-state index contributed by atoms with van der Waals surface area (Å²) in [6.07, 6.45) is 5.67. The molecule has 1 saturated heterocycles. The molecule has 0 aromatic carbocycles. The van der Waals surface area contributed by atoms with Crippen molar-refractivity contribution in [3.63, 3.8) is 0 Å². The van der Waals surface area contributed by atoms with E-state index in [1.165, 1.54) is 4.90 Å². The Morgan fingerprint density at radius 3 is 2.16 bits per heavy atom. The van der Waals surface area contributed by atoms with Crippen LogP contribution in [0, 0.1) is 35.5 Å². The lowest BCUT2D eigenvalue weighted by Gasteiger charge is -2.37. The van der Waals surface area contributed by atoms with Gasteiger partial charge in [0.1, 0.15) is 18.1 Å². The third-order valence-electron chi connectivity index (χ3n) is 6.44. The van der Waals surface area contributed by atoms with Crippen LogP contribution in [0.15, 0.2) is 0 Å². The Kier molecular flexibility index (Phi) is 11.8. The van der Waals surface area contributed by atoms with Gasteiger partial charge in [-0.15, -0.1) is 6.42 Å². The first kappa shape index (κ1) is 32.4. The van der Waals surface area contributed by atoms with Gasteiger partial charge in [-0.3, -0.25) is 19.2 Å². The molecule has 12 nitrogen and oxygen atoms in total. The predicted octanol–water partition coefficient (Wildman–Crippen LogP) is -0.0550. The highest BCUT2D eigenvalue weighted by molar-refractivity contribution is 6.36. The average Bonchev–Trinajstić information content (AvgIpc) is 3.27. The topological polar surface area (TPSA) is 177 Å². The molecule has 4 atom stereocenters. The summed E-state index contributed by atoms with van der Waals surface area (Å²) in [4.78, 5) is 76.3. The van der Waals surface area contributed by atoms with Crippen LogP contribution in [0.3, 0.4) is 0 Å². The number of terminal acetylenes is 1. The first-order valence-electron chi connectivity index (χ1n) is 12.6. The third-order valence-corrected chi connectivity index (χ3v) is 6.44. The molecule has 38 heavy (non-hydrogen) atoms. The first-order chi connectivity index (χ1) is 17.5. The van der Waals surface area contributed by atoms with Gasteiger partial charge in [-0.05, 0) is 29.6 Å². The highest BCUT2D eigenvalue weighted by atomic mass is 16.5. The summed E-state index contributed by atoms with van der Waals surface area (Å²) in [5.41, 5.74) is 4.19. The third kappa shape index (κ3) is 8.75. The second kappa shape index (κ2) is 13.8. The zero-order valence-electron chi connectivity index (χ0n) is 23.3. The van der Waals surface area contributed by atoms with E-state index < -0.39 is 65.6 Å². The molecule has 0 bridgehead atoms. The van der Waals surface area contributed by atoms with E-state index in [-0.39, 0.29) is 30.9 Å². The SMILES string of the molecule is C#CCOC(=O)[C@@H](NC(=O)N[C@H](C(=O)N1CC[C@H](C(C)C)[C@H]1C(=O)NCC(=O)C(N)=O)C(C)(C)C)C(C)C. The van der Waals surface area contributed by atoms with Crippen molar-refractivity contribution in [3.8, 4) is 12.3 Å². The number of nitrogens with two attached hydrogens (primary N) is 1. The molecule has 1 heterocycles. The van der Waals surface area contributed by atoms with Crippen molar-refractivity contribution in [1.82, 2.24) is 20.9 Å². The molecule has 12 heteroatoms. The number of esters is 1. The smallest absolute Gasteiger partial charge is 0.329 e. The van der Waals surface area contributed by atoms with Gasteiger partial charge < -0.3 is 31.3 Å². The summed E-state index contributed by atoms with van der Waals surface area (Å²) < 4.78 is 4.96. The molecule has 5 N–H and O–H groups in total. The maximum Gasteiger partial charge on any atom is 0.329 e. The fraction of sp³-hybridized carbons (Fsp3) is 0.692. The number of rotatable bonds is 11. The number of Topliss-reactive ketones (excluding diaryl/α,β-unsaturated/α-hetero) is 1. The fourth-order valence-electron chi connectivity index (χ4n) is 4.29. The molecule has 0 aromatic heterocycles. The van der Waals surface area contributed by atoms with Crippen LogP contribution in [0.25, 0.3) is 0 Å². The van der Waals surface area contributed by atoms with E-state index in [1.54, 1.807) is 34.6 Å². The van der Waals surface area contributed by atoms with Crippen LogP contribution in [0.4, 0.5) is 4.79 Å². The quantitative estimate of drug-likeness (QED) is 0.163. The Bertz CT molecular complexity index is 964. The van der Waals surface area contributed by atoms with Crippen LogP contribution >= 0.6 is 0 Å². The molecule has 1 rings (SSSR count). The predicted molar refractivity (Wildman–Crippen MR) is 139 cm³/mol. The van der Waals surface area contributed by atoms with Crippen molar-refractivity contribution in [2.75, 3.05) is 19.7 Å². The number of hydrogen-bond donors (Lipinski definition) is 4. The summed E-state index contributed by atoms with van der Waals surface area (Å²) >= 11 is 0. The number of likely N-dealkylation sites (tertiary alicyclic amines) is 1. The maximum atomic E-state index is 13.8. The van der Waals surface area contributed by atoms with E-state index in [0.29, 0.717) is 6.42 Å². The Hall–Kier alpha value is -3.62. The minimum absolute atomic E-state index is 0.0283. The van der Waals surface area contributed by atoms with Crippen molar-refractivity contribution in [2.24, 2.45) is 28.9 Å². The van der Waals surface area contributed by atoms with E-state index in [1.807, 2.05) is 13.8 Å². The molecule has 0 unspecified atom stereocenters. The lowest BCUT2D eigenvalue weighted by molar-refractivity contribution is -0.145. The van der Waals surface area contributed by atoms with E-state index >= 15 is 0 Å². The molecule has 0 aliphatic carbocycles. The van der Waals surface area contributed by atoms with E-state index in [0.717, 1.165) is 0 Å². The fourth-order valence-corrected chi connectivity index (χ4v) is 4.29. The Morgan fingerprint density at radius 1 is 1.08 bits per heavy atom. The van der Waals surface area contributed by atoms with Crippen molar-refractivity contribution < 1.29 is 33.5 Å². The molecule has 1 fully saturated rings. The molecular weight excluding hydrogens is 494 g/mol. The zero-order chi connectivity index (χ0) is 29.4. The van der Waals surface area contributed by atoms with Gasteiger partial charge >= 0.3 is 12.0 Å². The summed E-state index contributed by atoms with van der Waals surface area (Å²) in [6, 6.07) is -3.75. The molecule has 1 aliphatic rings. The molecule has 212 valence electrons. The molecule has 0 radical (unpaired) electrons. The van der Waals surface area contributed by atoms with Crippen LogP contribution in [-0.4, -0.2) is 78.2 Å². The minimum atomic E-state index is -1.17. The van der Waals surface area contributed by atoms with Gasteiger partial charge in [0.15, 0.2) is 6.61 Å². The second-order valence-corrected chi connectivity index (χ2v) is 11.1. The number of ether oxygens (including phenoxy) is 1. The van der Waals surface area contributed by atoms with Crippen LogP contribution in [-0.2, 0) is 28.7 Å². The highest BCUT2D eigenvalue weighted by Crippen LogP contribution is 2.33. The van der Waals surface area contributed by atoms with Crippen molar-refractivity contribution in [2.45, 2.75) is 73.0 Å². The number of carbonyl (C=O) groups is 6. The highest BCUT2D eigenvalue weighted by Gasteiger charge is 2.47. The lowest BCUT2D eigenvalue weighted by Crippen LogP contribution is -2.61. The van der Waals surface area contributed by atoms with Crippen molar-refractivity contribution in [3.05, 3.63) is 0 Å². The molecular formula is C26H41N5O7. The maximum absolute atomic E-state index is 13.8. The van der Waals surface area contributed by atoms with Gasteiger partial charge in [-0.1, -0.05) is 54.4 Å². The number of nitrogens with zero attached hydrogens (tertiary/aromatic N) is 1. The van der Waals surface area contributed by atoms with Gasteiger partial charge in [0.05, 0.1) is 6.54 Å². The number of nitrogens with one attached hydrogen (secondary N) is 3. The number of hydrogen-bond acceptors (Lipinski definition) is 7. The summed E-state index contributed by atoms with van der Waals surface area (Å²) in [5, 5.41) is 7.63. The lowest BCUT2D eigenvalue weighted by atomic mass is 9.84. The van der Waals surface area contributed by atoms with Crippen molar-refractivity contribution >= 4 is 35.5 Å². The summed E-state index contributed by atoms with van der Waals surface area (Å²) in [7, 11) is 0.